The summed E-state index contributed by atoms with van der Waals surface area (Å²) < 4.78 is 0. The first-order chi connectivity index (χ1) is 4.27. The molecule has 0 radical (unpaired) electrons. The Balaban J connectivity index is -0.000000320. The summed E-state index contributed by atoms with van der Waals surface area (Å²) in [4.78, 5) is 0. The third kappa shape index (κ3) is 18.2. The molecule has 0 aromatic carbocycles. The van der Waals surface area contributed by atoms with E-state index in [1.54, 1.807) is 5.92 Å². The van der Waals surface area contributed by atoms with Crippen LogP contribution in [0.4, 0.5) is 0 Å². The molecule has 0 nitrogen and oxygen atoms in total. The Morgan fingerprint density at radius 2 is 1.55 bits per heavy atom. The number of hydrogen-bond donors (Lipinski definition) is 0. The van der Waals surface area contributed by atoms with Crippen LogP contribution in [0.2, 0.25) is 0 Å². The Morgan fingerprint density at radius 1 is 1.00 bits per heavy atom. The molecule has 0 aliphatic heterocycles. The van der Waals surface area contributed by atoms with Crippen molar-refractivity contribution in [3.8, 4) is 0 Å². The van der Waals surface area contributed by atoms with Crippen LogP contribution in [0.1, 0.15) is 52.9 Å². The molecule has 64 valence electrons. The molecule has 0 unspecified atom stereocenters. The second kappa shape index (κ2) is 13.6. The quantitative estimate of drug-likeness (QED) is 0.327. The molecular weight excluding hydrogens is 168 g/mol. The van der Waals surface area contributed by atoms with Crippen molar-refractivity contribution in [3.05, 3.63) is 5.92 Å². The normalized spacial score (nSPS) is 8.73. The van der Waals surface area contributed by atoms with Gasteiger partial charge < -0.3 is 18.3 Å². The molecule has 0 rings (SSSR count). The monoisotopic (exact) mass is 186 g/mol. The molecule has 0 aliphatic rings. The minimum Gasteiger partial charge on any atom is -1.00 e. The van der Waals surface area contributed by atoms with Crippen LogP contribution in [0.3, 0.4) is 0 Å². The zero-order valence-electron chi connectivity index (χ0n) is 8.12. The largest absolute Gasteiger partial charge is 2.00 e. The predicted molar refractivity (Wildman–Crippen MR) is 49.1 cm³/mol. The Kier molecular flexibility index (Phi) is 22.3. The smallest absolute Gasteiger partial charge is 1.00 e. The van der Waals surface area contributed by atoms with Crippen LogP contribution in [-0.4, -0.2) is 23.1 Å². The fraction of sp³-hybridized carbons (Fsp3) is 0.889. The van der Waals surface area contributed by atoms with Gasteiger partial charge in [0.25, 0.3) is 0 Å². The number of unbranched alkanes of at least 4 members (excludes halogenated alkanes) is 3. The number of halogens is 1. The van der Waals surface area contributed by atoms with Crippen LogP contribution < -0.4 is 12.4 Å². The van der Waals surface area contributed by atoms with E-state index in [2.05, 4.69) is 20.8 Å². The third-order valence-electron chi connectivity index (χ3n) is 1.53. The van der Waals surface area contributed by atoms with Crippen LogP contribution in [0, 0.1) is 5.92 Å². The van der Waals surface area contributed by atoms with Crippen LogP contribution in [0.25, 0.3) is 0 Å². The Labute approximate surface area is 94.1 Å². The first-order valence-corrected chi connectivity index (χ1v) is 4.06. The second-order valence-corrected chi connectivity index (χ2v) is 3.02. The fourth-order valence-corrected chi connectivity index (χ4v) is 0.905. The molecule has 0 heterocycles. The second-order valence-electron chi connectivity index (χ2n) is 3.02. The van der Waals surface area contributed by atoms with E-state index in [-0.39, 0.29) is 35.5 Å². The maximum Gasteiger partial charge on any atom is 2.00 e. The summed E-state index contributed by atoms with van der Waals surface area (Å²) >= 11 is 0. The minimum atomic E-state index is 0. The van der Waals surface area contributed by atoms with Crippen molar-refractivity contribution < 1.29 is 12.4 Å². The molecule has 0 fully saturated rings. The summed E-state index contributed by atoms with van der Waals surface area (Å²) in [5.41, 5.74) is 0. The Bertz CT molecular complexity index is 55.5. The topological polar surface area (TPSA) is 0 Å². The molecule has 0 aromatic rings. The van der Waals surface area contributed by atoms with Crippen molar-refractivity contribution >= 4 is 23.1 Å². The van der Waals surface area contributed by atoms with Crippen LogP contribution in [0.5, 0.6) is 0 Å². The molecule has 0 aliphatic carbocycles. The average molecular weight is 187 g/mol. The average Bonchev–Trinajstić information content (AvgIpc) is 1.80. The van der Waals surface area contributed by atoms with E-state index >= 15 is 0 Å². The molecule has 0 spiro atoms. The van der Waals surface area contributed by atoms with E-state index in [9.17, 15) is 0 Å². The van der Waals surface area contributed by atoms with E-state index in [0.29, 0.717) is 0 Å². The summed E-state index contributed by atoms with van der Waals surface area (Å²) in [5.74, 6) is 1.58. The molecule has 0 saturated carbocycles. The predicted octanol–water partition coefficient (Wildman–Crippen LogP) is 0.194. The van der Waals surface area contributed by atoms with Gasteiger partial charge in [-0.25, -0.2) is 0 Å². The maximum atomic E-state index is 2.25. The molecule has 2 heteroatoms. The third-order valence-corrected chi connectivity index (χ3v) is 1.53. The standard InChI is InChI=1S/C9H19.ClH.Mg/c1-4-5-6-7-8-9(2)3;;/h4-8H2,1-3H3;1H;/q-1;;+2/p-1. The van der Waals surface area contributed by atoms with Gasteiger partial charge in [-0.1, -0.05) is 32.6 Å². The van der Waals surface area contributed by atoms with Gasteiger partial charge in [-0.05, 0) is 0 Å². The van der Waals surface area contributed by atoms with Crippen molar-refractivity contribution in [3.63, 3.8) is 0 Å². The van der Waals surface area contributed by atoms with Gasteiger partial charge in [-0.15, -0.1) is 0 Å². The van der Waals surface area contributed by atoms with Gasteiger partial charge in [0, 0.05) is 0 Å². The summed E-state index contributed by atoms with van der Waals surface area (Å²) in [6.07, 6.45) is 6.91. The van der Waals surface area contributed by atoms with Crippen molar-refractivity contribution in [1.82, 2.24) is 0 Å². The van der Waals surface area contributed by atoms with Gasteiger partial charge >= 0.3 is 23.1 Å². The first-order valence-electron chi connectivity index (χ1n) is 4.06. The van der Waals surface area contributed by atoms with Crippen LogP contribution >= 0.6 is 0 Å². The zero-order valence-corrected chi connectivity index (χ0v) is 10.3. The molecule has 0 saturated heterocycles. The van der Waals surface area contributed by atoms with Gasteiger partial charge in [0.2, 0.25) is 0 Å². The van der Waals surface area contributed by atoms with E-state index in [1.807, 2.05) is 0 Å². The van der Waals surface area contributed by atoms with Gasteiger partial charge in [-0.3, -0.25) is 0 Å². The number of rotatable bonds is 5. The van der Waals surface area contributed by atoms with E-state index < -0.39 is 0 Å². The maximum absolute atomic E-state index is 2.25. The summed E-state index contributed by atoms with van der Waals surface area (Å²) in [5, 5.41) is 0. The summed E-state index contributed by atoms with van der Waals surface area (Å²) in [6, 6.07) is 0. The SMILES string of the molecule is CCCCCC[C-](C)C.[Cl-].[Mg+2]. The molecule has 0 N–H and O–H groups in total. The van der Waals surface area contributed by atoms with Crippen LogP contribution in [0.15, 0.2) is 0 Å². The molecule has 11 heavy (non-hydrogen) atoms. The fourth-order valence-electron chi connectivity index (χ4n) is 0.905. The van der Waals surface area contributed by atoms with Gasteiger partial charge in [0.1, 0.15) is 0 Å². The van der Waals surface area contributed by atoms with Crippen LogP contribution in [-0.2, 0) is 0 Å². The number of hydrogen-bond acceptors (Lipinski definition) is 0. The molecular formula is C9H19ClMg. The molecule has 0 amide bonds. The Hall–Kier alpha value is 1.06. The van der Waals surface area contributed by atoms with Gasteiger partial charge in [0.05, 0.1) is 0 Å². The van der Waals surface area contributed by atoms with E-state index in [1.165, 1.54) is 32.1 Å². The van der Waals surface area contributed by atoms with Gasteiger partial charge in [-0.2, -0.15) is 20.3 Å². The minimum absolute atomic E-state index is 0. The summed E-state index contributed by atoms with van der Waals surface area (Å²) in [7, 11) is 0. The van der Waals surface area contributed by atoms with E-state index in [4.69, 9.17) is 0 Å². The molecule has 0 aromatic heterocycles. The van der Waals surface area contributed by atoms with E-state index in [0.717, 1.165) is 0 Å². The van der Waals surface area contributed by atoms with Crippen molar-refractivity contribution in [1.29, 1.82) is 0 Å². The molecule has 0 atom stereocenters. The van der Waals surface area contributed by atoms with Crippen molar-refractivity contribution in [2.75, 3.05) is 0 Å². The Morgan fingerprint density at radius 3 is 1.91 bits per heavy atom. The van der Waals surface area contributed by atoms with Crippen molar-refractivity contribution in [2.24, 2.45) is 0 Å². The molecule has 0 bridgehead atoms. The summed E-state index contributed by atoms with van der Waals surface area (Å²) in [6.45, 7) is 6.68. The van der Waals surface area contributed by atoms with Gasteiger partial charge in [0.15, 0.2) is 0 Å². The first kappa shape index (κ1) is 18.0. The van der Waals surface area contributed by atoms with Crippen molar-refractivity contribution in [2.45, 2.75) is 52.9 Å². The zero-order chi connectivity index (χ0) is 7.11.